The van der Waals surface area contributed by atoms with Gasteiger partial charge in [-0.2, -0.15) is 5.26 Å². The maximum atomic E-state index is 9.24. The van der Waals surface area contributed by atoms with Crippen molar-refractivity contribution in [2.24, 2.45) is 4.74 Å². The molecule has 2 aromatic carbocycles. The number of nitriles is 1. The van der Waals surface area contributed by atoms with E-state index < -0.39 is 0 Å². The Kier molecular flexibility index (Phi) is 21.8. The van der Waals surface area contributed by atoms with Crippen LogP contribution in [-0.4, -0.2) is 36.1 Å². The molecule has 0 saturated carbocycles. The number of hydrogen-bond acceptors (Lipinski definition) is 7. The van der Waals surface area contributed by atoms with E-state index in [0.717, 1.165) is 55.4 Å². The summed E-state index contributed by atoms with van der Waals surface area (Å²) in [6, 6.07) is 20.9. The van der Waals surface area contributed by atoms with Crippen molar-refractivity contribution in [1.82, 2.24) is 29.1 Å². The van der Waals surface area contributed by atoms with Crippen molar-refractivity contribution in [1.29, 1.82) is 10.5 Å². The van der Waals surface area contributed by atoms with Crippen LogP contribution < -0.4 is 0 Å². The van der Waals surface area contributed by atoms with Crippen molar-refractivity contribution in [2.75, 3.05) is 7.05 Å². The van der Waals surface area contributed by atoms with Crippen molar-refractivity contribution in [3.05, 3.63) is 135 Å². The number of aryl methyl sites for hydroxylation is 8. The Morgan fingerprint density at radius 1 is 0.717 bits per heavy atom. The molecule has 0 aliphatic carbocycles. The van der Waals surface area contributed by atoms with Crippen LogP contribution in [0.4, 0.5) is 0 Å². The Bertz CT molecular complexity index is 2130. The third-order valence-corrected chi connectivity index (χ3v) is 7.78. The molecule has 0 N–H and O–H groups in total. The summed E-state index contributed by atoms with van der Waals surface area (Å²) in [6.45, 7) is 21.2. The van der Waals surface area contributed by atoms with Crippen molar-refractivity contribution in [2.45, 2.75) is 55.4 Å². The summed E-state index contributed by atoms with van der Waals surface area (Å²) >= 11 is 3.49. The number of halogens is 1. The first-order valence-corrected chi connectivity index (χ1v) is 16.7. The predicted molar refractivity (Wildman–Crippen MR) is 203 cm³/mol. The molecule has 0 amide bonds. The molecule has 0 saturated heterocycles. The molecular formula is C39H38BrCuIr2N9P-2. The Hall–Kier alpha value is -3.46. The van der Waals surface area contributed by atoms with Crippen LogP contribution in [0.1, 0.15) is 50.5 Å². The molecule has 9 nitrogen and oxygen atoms in total. The van der Waals surface area contributed by atoms with Gasteiger partial charge >= 0.3 is 17.1 Å². The Labute approximate surface area is 361 Å². The van der Waals surface area contributed by atoms with Crippen LogP contribution in [0.5, 0.6) is 0 Å². The maximum Gasteiger partial charge on any atom is 1.00 e. The molecule has 6 aromatic rings. The van der Waals surface area contributed by atoms with Gasteiger partial charge in [0, 0.05) is 71.0 Å². The van der Waals surface area contributed by atoms with Crippen LogP contribution in [0.15, 0.2) is 70.5 Å². The van der Waals surface area contributed by atoms with Gasteiger partial charge in [0.2, 0.25) is 0 Å². The van der Waals surface area contributed by atoms with Gasteiger partial charge in [0.1, 0.15) is 16.4 Å². The second-order valence-electron chi connectivity index (χ2n) is 11.6. The quantitative estimate of drug-likeness (QED) is 0.0986. The molecule has 0 bridgehead atoms. The number of nitrogens with zero attached hydrogens (tertiary/aromatic N) is 9. The average molecular weight is 1190 g/mol. The molecule has 4 heterocycles. The van der Waals surface area contributed by atoms with Crippen LogP contribution in [0.3, 0.4) is 0 Å². The summed E-state index contributed by atoms with van der Waals surface area (Å²) < 4.78 is 8.18. The maximum absolute atomic E-state index is 9.24. The first-order chi connectivity index (χ1) is 23.9. The minimum Gasteiger partial charge on any atom is -0.512 e. The van der Waals surface area contributed by atoms with Gasteiger partial charge in [-0.25, -0.2) is 0 Å². The number of hydrogen-bond donors (Lipinski definition) is 0. The standard InChI is InChI=1S/C19H17N4.C18H17BrN3.CH4NP.CN.Cu.2Ir/c1-12-7-13(2)18(14(3)8-12)23-11-17(9-20)22-19(23)16-6-5-15(4)21-10-16;1-11-7-12(2)17(13(3)8-11)22-10-16(19)21-18(22)15-6-5-14(4)20-9-15;1-2-3;1-2;;;/h5,7-8,10-11H,1-4H3;5,7-10H,1-4H3;3H,1H3;;;;/q2*-1;;-1;+1;;. The second-order valence-corrected chi connectivity index (χ2v) is 12.9. The van der Waals surface area contributed by atoms with E-state index in [2.05, 4.69) is 138 Å². The summed E-state index contributed by atoms with van der Waals surface area (Å²) in [6.07, 6.45) is 7.33. The van der Waals surface area contributed by atoms with Gasteiger partial charge in [-0.1, -0.05) is 72.8 Å². The third kappa shape index (κ3) is 12.8. The molecule has 282 valence electrons. The van der Waals surface area contributed by atoms with Gasteiger partial charge < -0.3 is 30.9 Å². The minimum atomic E-state index is 0. The van der Waals surface area contributed by atoms with Crippen LogP contribution in [-0.2, 0) is 57.3 Å². The number of rotatable bonds is 4. The minimum absolute atomic E-state index is 0. The van der Waals surface area contributed by atoms with Gasteiger partial charge in [-0.3, -0.25) is 14.7 Å². The van der Waals surface area contributed by atoms with Crippen molar-refractivity contribution < 1.29 is 57.3 Å². The van der Waals surface area contributed by atoms with E-state index in [1.807, 2.05) is 42.9 Å². The van der Waals surface area contributed by atoms with Crippen molar-refractivity contribution in [3.8, 4) is 40.2 Å². The van der Waals surface area contributed by atoms with Crippen LogP contribution in [0.2, 0.25) is 0 Å². The third-order valence-electron chi connectivity index (χ3n) is 7.40. The summed E-state index contributed by atoms with van der Waals surface area (Å²) in [4.78, 5) is 17.7. The molecule has 2 radical (unpaired) electrons. The Balaban J connectivity index is 0.000000867. The molecule has 53 heavy (non-hydrogen) atoms. The average Bonchev–Trinajstić information content (AvgIpc) is 3.66. The normalized spacial score (nSPS) is 9.42. The number of imidazole rings is 2. The molecule has 0 aliphatic heterocycles. The van der Waals surface area contributed by atoms with Crippen LogP contribution in [0, 0.1) is 90.7 Å². The van der Waals surface area contributed by atoms with Crippen molar-refractivity contribution >= 4 is 25.0 Å². The van der Waals surface area contributed by atoms with E-state index >= 15 is 0 Å². The molecule has 4 aromatic heterocycles. The molecular weight excluding hydrogens is 1150 g/mol. The molecule has 6 rings (SSSR count). The van der Waals surface area contributed by atoms with E-state index in [1.54, 1.807) is 19.4 Å². The molecule has 0 fully saturated rings. The van der Waals surface area contributed by atoms with Gasteiger partial charge in [0.25, 0.3) is 0 Å². The first kappa shape index (κ1) is 49.5. The van der Waals surface area contributed by atoms with Crippen molar-refractivity contribution in [3.63, 3.8) is 0 Å². The fourth-order valence-electron chi connectivity index (χ4n) is 5.70. The second kappa shape index (κ2) is 23.4. The van der Waals surface area contributed by atoms with Gasteiger partial charge in [-0.15, -0.1) is 24.3 Å². The summed E-state index contributed by atoms with van der Waals surface area (Å²) in [7, 11) is 4.47. The van der Waals surface area contributed by atoms with Crippen LogP contribution in [0.25, 0.3) is 34.2 Å². The summed E-state index contributed by atoms with van der Waals surface area (Å²) in [5.41, 5.74) is 13.3. The fraction of sp³-hybridized carbons (Fsp3) is 0.231. The largest absolute Gasteiger partial charge is 1.00 e. The number of aromatic nitrogens is 6. The topological polar surface area (TPSA) is 121 Å². The summed E-state index contributed by atoms with van der Waals surface area (Å²) in [5, 5.41) is 15.5. The monoisotopic (exact) mass is 1190 g/mol. The zero-order valence-corrected chi connectivity index (χ0v) is 39.0. The van der Waals surface area contributed by atoms with E-state index in [-0.39, 0.29) is 57.3 Å². The van der Waals surface area contributed by atoms with E-state index in [9.17, 15) is 5.26 Å². The number of pyridine rings is 2. The summed E-state index contributed by atoms with van der Waals surface area (Å²) in [5.74, 6) is 1.53. The smallest absolute Gasteiger partial charge is 0.512 e. The molecule has 0 aliphatic rings. The van der Waals surface area contributed by atoms with Gasteiger partial charge in [0.15, 0.2) is 0 Å². The molecule has 0 atom stereocenters. The van der Waals surface area contributed by atoms with Gasteiger partial charge in [-0.05, 0) is 100 Å². The molecule has 0 spiro atoms. The predicted octanol–water partition coefficient (Wildman–Crippen LogP) is 9.60. The van der Waals surface area contributed by atoms with E-state index in [0.29, 0.717) is 11.5 Å². The zero-order chi connectivity index (χ0) is 37.1. The van der Waals surface area contributed by atoms with E-state index in [4.69, 9.17) is 11.8 Å². The fourth-order valence-corrected chi connectivity index (χ4v) is 6.07. The van der Waals surface area contributed by atoms with Gasteiger partial charge in [0.05, 0.1) is 11.6 Å². The number of benzene rings is 2. The SMILES string of the molecule is CN=P.Cc1cc(C)c(-n2cc(Br)nc2-c2[c-]cc(C)nc2)c(C)c1.Cc1cc(C)c(-n2cc(C#N)nc2-c2[c-]cc(C)nc2)c(C)c1.[C-]#N.[Cu+].[Ir].[Ir]. The zero-order valence-electron chi connectivity index (χ0n) is 30.6. The van der Waals surface area contributed by atoms with E-state index in [1.165, 1.54) is 22.3 Å². The first-order valence-electron chi connectivity index (χ1n) is 15.4. The molecule has 0 unspecified atom stereocenters. The van der Waals surface area contributed by atoms with Crippen LogP contribution >= 0.6 is 25.0 Å². The Morgan fingerprint density at radius 2 is 1.08 bits per heavy atom. The molecule has 14 heteroatoms. The Morgan fingerprint density at radius 3 is 1.42 bits per heavy atom.